The third-order valence-electron chi connectivity index (χ3n) is 6.99. The van der Waals surface area contributed by atoms with Crippen LogP contribution in [0.15, 0.2) is 47.5 Å². The van der Waals surface area contributed by atoms with Gasteiger partial charge in [-0.3, -0.25) is 0 Å². The highest BCUT2D eigenvalue weighted by Crippen LogP contribution is 2.36. The van der Waals surface area contributed by atoms with E-state index in [0.717, 1.165) is 56.2 Å². The smallest absolute Gasteiger partial charge is 0.175 e. The number of anilines is 2. The molecule has 32 heavy (non-hydrogen) atoms. The van der Waals surface area contributed by atoms with Crippen LogP contribution < -0.4 is 15.1 Å². The summed E-state index contributed by atoms with van der Waals surface area (Å²) in [4.78, 5) is 10.0. The van der Waals surface area contributed by atoms with Crippen LogP contribution in [0.5, 0.6) is 0 Å². The molecular weight excluding hydrogens is 422 g/mol. The number of nitrogens with one attached hydrogen (secondary N) is 1. The maximum atomic E-state index is 11.9. The summed E-state index contributed by atoms with van der Waals surface area (Å²) in [6.07, 6.45) is 5.81. The molecule has 3 aromatic rings. The monoisotopic (exact) mass is 453 g/mol. The van der Waals surface area contributed by atoms with E-state index in [1.807, 2.05) is 19.2 Å². The Labute approximate surface area is 190 Å². The van der Waals surface area contributed by atoms with Gasteiger partial charge in [0, 0.05) is 61.8 Å². The summed E-state index contributed by atoms with van der Waals surface area (Å²) < 4.78 is 26.2. The summed E-state index contributed by atoms with van der Waals surface area (Å²) in [6.45, 7) is 5.54. The average molecular weight is 454 g/mol. The molecule has 1 N–H and O–H groups in total. The normalized spacial score (nSPS) is 21.7. The van der Waals surface area contributed by atoms with Crippen molar-refractivity contribution in [2.45, 2.75) is 36.7 Å². The SMILES string of the molecule is CN[C@H]1C[C@H](n2cc(C)c3ccc(N4CCN(c5cccc(S(C)(=O)=O)c5)CC4)nc32)C1. The summed E-state index contributed by atoms with van der Waals surface area (Å²) >= 11 is 0. The Kier molecular flexibility index (Phi) is 5.37. The van der Waals surface area contributed by atoms with E-state index in [2.05, 4.69) is 44.9 Å². The minimum absolute atomic E-state index is 0.372. The van der Waals surface area contributed by atoms with E-state index in [4.69, 9.17) is 4.98 Å². The van der Waals surface area contributed by atoms with Crippen LogP contribution in [0.3, 0.4) is 0 Å². The molecule has 0 atom stereocenters. The van der Waals surface area contributed by atoms with Crippen molar-refractivity contribution >= 4 is 32.4 Å². The number of piperazine rings is 1. The van der Waals surface area contributed by atoms with Gasteiger partial charge >= 0.3 is 0 Å². The van der Waals surface area contributed by atoms with Gasteiger partial charge in [0.05, 0.1) is 4.90 Å². The minimum atomic E-state index is -3.20. The second kappa shape index (κ2) is 8.08. The fraction of sp³-hybridized carbons (Fsp3) is 0.458. The first-order chi connectivity index (χ1) is 15.3. The maximum Gasteiger partial charge on any atom is 0.175 e. The lowest BCUT2D eigenvalue weighted by atomic mass is 9.87. The second-order valence-electron chi connectivity index (χ2n) is 9.11. The molecule has 2 fully saturated rings. The van der Waals surface area contributed by atoms with Gasteiger partial charge in [-0.15, -0.1) is 0 Å². The van der Waals surface area contributed by atoms with Crippen LogP contribution in [0.2, 0.25) is 0 Å². The molecule has 1 aliphatic carbocycles. The predicted octanol–water partition coefficient (Wildman–Crippen LogP) is 3.00. The lowest BCUT2D eigenvalue weighted by Crippen LogP contribution is -2.46. The molecule has 0 radical (unpaired) electrons. The van der Waals surface area contributed by atoms with Gasteiger partial charge in [0.15, 0.2) is 9.84 Å². The van der Waals surface area contributed by atoms with Gasteiger partial charge in [-0.2, -0.15) is 0 Å². The van der Waals surface area contributed by atoms with E-state index in [-0.39, 0.29) is 0 Å². The number of hydrogen-bond donors (Lipinski definition) is 1. The van der Waals surface area contributed by atoms with E-state index < -0.39 is 9.84 Å². The molecule has 1 saturated heterocycles. The van der Waals surface area contributed by atoms with Gasteiger partial charge < -0.3 is 19.7 Å². The first-order valence-corrected chi connectivity index (χ1v) is 13.2. The molecule has 3 heterocycles. The standard InChI is InChI=1S/C24H31N5O2S/c1-17-16-29(20-13-18(14-20)25-2)24-22(17)7-8-23(26-24)28-11-9-27(10-12-28)19-5-4-6-21(15-19)32(3,30)31/h4-8,15-16,18,20,25H,9-14H2,1-3H3/t18-,20-. The quantitative estimate of drug-likeness (QED) is 0.641. The van der Waals surface area contributed by atoms with E-state index in [1.54, 1.807) is 12.1 Å². The van der Waals surface area contributed by atoms with Crippen molar-refractivity contribution in [1.82, 2.24) is 14.9 Å². The number of hydrogen-bond acceptors (Lipinski definition) is 6. The third-order valence-corrected chi connectivity index (χ3v) is 8.10. The predicted molar refractivity (Wildman–Crippen MR) is 130 cm³/mol. The van der Waals surface area contributed by atoms with Crippen molar-refractivity contribution in [3.63, 3.8) is 0 Å². The van der Waals surface area contributed by atoms with Crippen LogP contribution in [-0.2, 0) is 9.84 Å². The van der Waals surface area contributed by atoms with E-state index >= 15 is 0 Å². The molecule has 1 saturated carbocycles. The highest BCUT2D eigenvalue weighted by Gasteiger charge is 2.30. The second-order valence-corrected chi connectivity index (χ2v) is 11.1. The van der Waals surface area contributed by atoms with Crippen LogP contribution in [0.4, 0.5) is 11.5 Å². The summed E-state index contributed by atoms with van der Waals surface area (Å²) in [5.74, 6) is 1.02. The molecular formula is C24H31N5O2S. The topological polar surface area (TPSA) is 70.5 Å². The highest BCUT2D eigenvalue weighted by atomic mass is 32.2. The van der Waals surface area contributed by atoms with Crippen molar-refractivity contribution < 1.29 is 8.42 Å². The Hall–Kier alpha value is -2.58. The van der Waals surface area contributed by atoms with Crippen molar-refractivity contribution in [3.05, 3.63) is 48.2 Å². The third kappa shape index (κ3) is 3.86. The Morgan fingerprint density at radius 2 is 1.75 bits per heavy atom. The number of nitrogens with zero attached hydrogens (tertiary/aromatic N) is 4. The van der Waals surface area contributed by atoms with Crippen LogP contribution >= 0.6 is 0 Å². The van der Waals surface area contributed by atoms with Crippen molar-refractivity contribution in [2.24, 2.45) is 0 Å². The van der Waals surface area contributed by atoms with Gasteiger partial charge in [0.1, 0.15) is 11.5 Å². The fourth-order valence-corrected chi connectivity index (χ4v) is 5.55. The Balaban J connectivity index is 1.33. The number of fused-ring (bicyclic) bond motifs is 1. The Bertz CT molecular complexity index is 1240. The average Bonchev–Trinajstić information content (AvgIpc) is 3.08. The van der Waals surface area contributed by atoms with Crippen LogP contribution in [-0.4, -0.2) is 63.5 Å². The highest BCUT2D eigenvalue weighted by molar-refractivity contribution is 7.90. The molecule has 2 aliphatic rings. The van der Waals surface area contributed by atoms with Crippen molar-refractivity contribution in [1.29, 1.82) is 0 Å². The molecule has 0 spiro atoms. The Morgan fingerprint density at radius 1 is 1.03 bits per heavy atom. The molecule has 7 nitrogen and oxygen atoms in total. The molecule has 0 bridgehead atoms. The van der Waals surface area contributed by atoms with Crippen molar-refractivity contribution in [2.75, 3.05) is 49.3 Å². The molecule has 5 rings (SSSR count). The van der Waals surface area contributed by atoms with Gasteiger partial charge in [-0.25, -0.2) is 13.4 Å². The minimum Gasteiger partial charge on any atom is -0.368 e. The molecule has 0 amide bonds. The number of aryl methyl sites for hydroxylation is 1. The molecule has 1 aromatic carbocycles. The van der Waals surface area contributed by atoms with E-state index in [0.29, 0.717) is 17.0 Å². The zero-order valence-electron chi connectivity index (χ0n) is 19.0. The molecule has 8 heteroatoms. The van der Waals surface area contributed by atoms with Crippen LogP contribution in [0, 0.1) is 6.92 Å². The Morgan fingerprint density at radius 3 is 2.44 bits per heavy atom. The molecule has 0 unspecified atom stereocenters. The van der Waals surface area contributed by atoms with E-state index in [9.17, 15) is 8.42 Å². The largest absolute Gasteiger partial charge is 0.368 e. The van der Waals surface area contributed by atoms with Gasteiger partial charge in [0.25, 0.3) is 0 Å². The maximum absolute atomic E-state index is 11.9. The summed E-state index contributed by atoms with van der Waals surface area (Å²) in [5, 5.41) is 4.60. The van der Waals surface area contributed by atoms with Crippen LogP contribution in [0.1, 0.15) is 24.4 Å². The summed E-state index contributed by atoms with van der Waals surface area (Å²) in [6, 6.07) is 12.7. The van der Waals surface area contributed by atoms with Gasteiger partial charge in [-0.1, -0.05) is 6.07 Å². The van der Waals surface area contributed by atoms with Gasteiger partial charge in [-0.05, 0) is 62.7 Å². The number of aromatic nitrogens is 2. The van der Waals surface area contributed by atoms with Crippen LogP contribution in [0.25, 0.3) is 11.0 Å². The van der Waals surface area contributed by atoms with Crippen molar-refractivity contribution in [3.8, 4) is 0 Å². The molecule has 170 valence electrons. The first-order valence-electron chi connectivity index (χ1n) is 11.3. The van der Waals surface area contributed by atoms with E-state index in [1.165, 1.54) is 17.2 Å². The number of pyridine rings is 1. The lowest BCUT2D eigenvalue weighted by molar-refractivity contribution is 0.240. The zero-order valence-corrected chi connectivity index (χ0v) is 19.8. The summed E-state index contributed by atoms with van der Waals surface area (Å²) in [5.41, 5.74) is 3.33. The molecule has 2 aromatic heterocycles. The zero-order chi connectivity index (χ0) is 22.5. The number of sulfone groups is 1. The lowest BCUT2D eigenvalue weighted by Gasteiger charge is -2.37. The first kappa shape index (κ1) is 21.3. The molecule has 1 aliphatic heterocycles. The van der Waals surface area contributed by atoms with Gasteiger partial charge in [0.2, 0.25) is 0 Å². The fourth-order valence-electron chi connectivity index (χ4n) is 4.89. The number of benzene rings is 1. The summed E-state index contributed by atoms with van der Waals surface area (Å²) in [7, 11) is -1.17. The number of rotatable bonds is 5.